The van der Waals surface area contributed by atoms with Gasteiger partial charge in [0.05, 0.1) is 12.4 Å². The first-order valence-electron chi connectivity index (χ1n) is 9.32. The molecule has 2 nitrogen and oxygen atoms in total. The van der Waals surface area contributed by atoms with Crippen LogP contribution in [0, 0.1) is 47.0 Å². The van der Waals surface area contributed by atoms with Gasteiger partial charge in [-0.2, -0.15) is 0 Å². The summed E-state index contributed by atoms with van der Waals surface area (Å²) in [4.78, 5) is 7.34. The second-order valence-corrected chi connectivity index (χ2v) is 8.68. The third kappa shape index (κ3) is 13.0. The van der Waals surface area contributed by atoms with Gasteiger partial charge in [-0.1, -0.05) is 35.4 Å². The molecule has 0 aliphatic heterocycles. The van der Waals surface area contributed by atoms with E-state index in [0.29, 0.717) is 0 Å². The molecule has 2 heterocycles. The molecule has 16 heteroatoms. The molecule has 0 amide bonds. The molecule has 38 heavy (non-hydrogen) atoms. The maximum atomic E-state index is 13.2. The van der Waals surface area contributed by atoms with Crippen LogP contribution in [0.4, 0.5) is 51.5 Å². The smallest absolute Gasteiger partial charge is 0.139 e. The van der Waals surface area contributed by atoms with Crippen LogP contribution in [0.15, 0.2) is 60.9 Å². The van der Waals surface area contributed by atoms with Crippen LogP contribution in [0.2, 0.25) is 0 Å². The molecule has 0 bridgehead atoms. The molecule has 209 valence electrons. The van der Waals surface area contributed by atoms with E-state index in [1.807, 2.05) is 0 Å². The molecule has 0 saturated carbocycles. The van der Waals surface area contributed by atoms with Crippen LogP contribution in [0.5, 0.6) is 0 Å². The predicted molar refractivity (Wildman–Crippen MR) is 110 cm³/mol. The van der Waals surface area contributed by atoms with Crippen molar-refractivity contribution in [2.75, 3.05) is 0 Å². The van der Waals surface area contributed by atoms with Crippen molar-refractivity contribution in [2.45, 2.75) is 0 Å². The van der Waals surface area contributed by atoms with Crippen molar-refractivity contribution in [2.24, 2.45) is 0 Å². The van der Waals surface area contributed by atoms with Crippen LogP contribution in [-0.4, -0.2) is 9.97 Å². The monoisotopic (exact) mass is 754 g/mol. The Morgan fingerprint density at radius 2 is 0.842 bits per heavy atom. The Balaban J connectivity index is 0.000000301. The minimum atomic E-state index is -10.7. The second kappa shape index (κ2) is 11.8. The van der Waals surface area contributed by atoms with Crippen molar-refractivity contribution in [3.05, 3.63) is 108 Å². The molecule has 0 saturated heterocycles. The Bertz CT molecular complexity index is 1260. The fourth-order valence-corrected chi connectivity index (χ4v) is 2.33. The molecule has 0 unspecified atom stereocenters. The van der Waals surface area contributed by atoms with Gasteiger partial charge in [-0.3, -0.25) is 17.6 Å². The summed E-state index contributed by atoms with van der Waals surface area (Å²) in [6, 6.07) is 13.2. The Morgan fingerprint density at radius 1 is 0.526 bits per heavy atom. The largest absolute Gasteiger partial charge is 0.302 e. The van der Waals surface area contributed by atoms with E-state index in [9.17, 15) is 51.5 Å². The van der Waals surface area contributed by atoms with Crippen molar-refractivity contribution in [1.82, 2.24) is 9.97 Å². The van der Waals surface area contributed by atoms with Gasteiger partial charge >= 0.3 is 33.0 Å². The van der Waals surface area contributed by atoms with E-state index >= 15 is 0 Å². The van der Waals surface area contributed by atoms with Crippen LogP contribution >= 0.6 is 7.81 Å². The summed E-state index contributed by atoms with van der Waals surface area (Å²) >= 11 is 0. The molecule has 0 atom stereocenters. The first-order valence-corrected chi connectivity index (χ1v) is 11.3. The summed E-state index contributed by atoms with van der Waals surface area (Å²) < 4.78 is 136. The number of hydrogen-bond acceptors (Lipinski definition) is 2. The average molecular weight is 754 g/mol. The van der Waals surface area contributed by atoms with Crippen molar-refractivity contribution >= 4 is 7.81 Å². The number of pyridine rings is 2. The standard InChI is InChI=1S/2C11H5F3N.F6P.Ir/c2*12-7-1-3-9(10(14)5-7)11-4-2-8(13)6-15-11;1-7(2,3,4,5)6;/h2*1-2,4-6H;;/q3*-1;. The van der Waals surface area contributed by atoms with Gasteiger partial charge in [-0.25, -0.2) is 8.78 Å². The number of benzene rings is 2. The number of rotatable bonds is 2. The fourth-order valence-electron chi connectivity index (χ4n) is 2.33. The molecule has 1 radical (unpaired) electrons. The molecule has 0 aliphatic rings. The van der Waals surface area contributed by atoms with Crippen molar-refractivity contribution < 1.29 is 71.6 Å². The maximum Gasteiger partial charge on any atom is 0.139 e. The quantitative estimate of drug-likeness (QED) is 0.116. The molecular formula is C22H10F12IrN2P-3. The molecule has 4 aromatic rings. The summed E-state index contributed by atoms with van der Waals surface area (Å²) in [5, 5.41) is 0. The Hall–Kier alpha value is -3.02. The fraction of sp³-hybridized carbons (Fsp3) is 0. The number of hydrogen-bond donors (Lipinski definition) is 0. The molecule has 0 fully saturated rings. The Kier molecular flexibility index (Phi) is 10.2. The zero-order valence-corrected chi connectivity index (χ0v) is 21.3. The summed E-state index contributed by atoms with van der Waals surface area (Å²) in [5.74, 6) is -3.98. The third-order valence-electron chi connectivity index (χ3n) is 3.68. The number of nitrogens with zero attached hydrogens (tertiary/aromatic N) is 2. The first kappa shape index (κ1) is 33.0. The van der Waals surface area contributed by atoms with Gasteiger partial charge in [0.2, 0.25) is 0 Å². The normalized spacial score (nSPS) is 12.4. The van der Waals surface area contributed by atoms with Gasteiger partial charge in [0, 0.05) is 43.4 Å². The van der Waals surface area contributed by atoms with Crippen LogP contribution < -0.4 is 0 Å². The summed E-state index contributed by atoms with van der Waals surface area (Å²) in [6.07, 6.45) is 1.93. The van der Waals surface area contributed by atoms with Crippen LogP contribution in [-0.2, 0) is 20.1 Å². The summed E-state index contributed by atoms with van der Waals surface area (Å²) in [6.45, 7) is 0. The zero-order chi connectivity index (χ0) is 28.1. The van der Waals surface area contributed by atoms with Crippen molar-refractivity contribution in [3.63, 3.8) is 0 Å². The SMILES string of the molecule is F[P-](F)(F)(F)(F)F.Fc1ccc(-c2[c-]cc(F)cc2F)nc1.Fc1ccc(-c2[c-]cc(F)cc2F)nc1.[Ir]. The molecule has 2 aromatic carbocycles. The Labute approximate surface area is 220 Å². The molecular weight excluding hydrogens is 743 g/mol. The minimum Gasteiger partial charge on any atom is -0.302 e. The van der Waals surface area contributed by atoms with E-state index in [1.54, 1.807) is 0 Å². The van der Waals surface area contributed by atoms with E-state index in [2.05, 4.69) is 22.1 Å². The van der Waals surface area contributed by atoms with Gasteiger partial charge in [-0.05, 0) is 23.5 Å². The van der Waals surface area contributed by atoms with E-state index in [-0.39, 0.29) is 42.6 Å². The van der Waals surface area contributed by atoms with Crippen LogP contribution in [0.3, 0.4) is 0 Å². The first-order chi connectivity index (χ1) is 16.8. The Morgan fingerprint density at radius 3 is 1.08 bits per heavy atom. The van der Waals surface area contributed by atoms with Gasteiger partial charge in [0.25, 0.3) is 0 Å². The van der Waals surface area contributed by atoms with Gasteiger partial charge < -0.3 is 9.97 Å². The average Bonchev–Trinajstić information content (AvgIpc) is 2.74. The third-order valence-corrected chi connectivity index (χ3v) is 3.68. The minimum absolute atomic E-state index is 0. The van der Waals surface area contributed by atoms with Gasteiger partial charge in [0.15, 0.2) is 0 Å². The molecule has 4 rings (SSSR count). The zero-order valence-electron chi connectivity index (χ0n) is 18.0. The predicted octanol–water partition coefficient (Wildman–Crippen LogP) is 9.31. The second-order valence-electron chi connectivity index (χ2n) is 6.76. The van der Waals surface area contributed by atoms with Gasteiger partial charge in [0.1, 0.15) is 11.6 Å². The molecule has 0 aliphatic carbocycles. The number of halogens is 12. The maximum absolute atomic E-state index is 13.2. The topological polar surface area (TPSA) is 25.8 Å². The van der Waals surface area contributed by atoms with Crippen molar-refractivity contribution in [1.29, 1.82) is 0 Å². The summed E-state index contributed by atoms with van der Waals surface area (Å²) in [7, 11) is -10.7. The van der Waals surface area contributed by atoms with Crippen LogP contribution in [0.25, 0.3) is 22.5 Å². The number of aromatic nitrogens is 2. The van der Waals surface area contributed by atoms with Gasteiger partial charge in [-0.15, -0.1) is 24.3 Å². The molecule has 0 N–H and O–H groups in total. The molecule has 0 spiro atoms. The van der Waals surface area contributed by atoms with E-state index in [1.165, 1.54) is 12.1 Å². The van der Waals surface area contributed by atoms with Crippen LogP contribution in [0.1, 0.15) is 0 Å². The van der Waals surface area contributed by atoms with Crippen molar-refractivity contribution in [3.8, 4) is 22.5 Å². The summed E-state index contributed by atoms with van der Waals surface area (Å²) in [5.41, 5.74) is 0.482. The van der Waals surface area contributed by atoms with E-state index in [4.69, 9.17) is 0 Å². The van der Waals surface area contributed by atoms with E-state index < -0.39 is 42.7 Å². The molecule has 2 aromatic heterocycles. The van der Waals surface area contributed by atoms with E-state index in [0.717, 1.165) is 48.8 Å².